The van der Waals surface area contributed by atoms with E-state index in [-0.39, 0.29) is 0 Å². The van der Waals surface area contributed by atoms with Gasteiger partial charge in [0, 0.05) is 32.3 Å². The molecule has 3 nitrogen and oxygen atoms in total. The zero-order valence-electron chi connectivity index (χ0n) is 12.0. The lowest BCUT2D eigenvalue weighted by atomic mass is 9.71. The average Bonchev–Trinajstić information content (AvgIpc) is 2.74. The standard InChI is InChI=1S/C15H28N2O/c1-13(11-18-2)10-17-7-3-6-15(17)12-16-8-4-14(15)5-9-16/h13-14H,3-12H2,1-2H3. The van der Waals surface area contributed by atoms with Gasteiger partial charge in [-0.2, -0.15) is 0 Å². The quantitative estimate of drug-likeness (QED) is 0.759. The summed E-state index contributed by atoms with van der Waals surface area (Å²) in [4.78, 5) is 5.53. The summed E-state index contributed by atoms with van der Waals surface area (Å²) in [6.45, 7) is 9.84. The molecule has 2 unspecified atom stereocenters. The molecule has 2 atom stereocenters. The lowest BCUT2D eigenvalue weighted by Crippen LogP contribution is -2.65. The van der Waals surface area contributed by atoms with Crippen molar-refractivity contribution in [2.24, 2.45) is 11.8 Å². The molecule has 0 aromatic rings. The molecule has 0 amide bonds. The van der Waals surface area contributed by atoms with E-state index in [9.17, 15) is 0 Å². The summed E-state index contributed by atoms with van der Waals surface area (Å²) >= 11 is 0. The van der Waals surface area contributed by atoms with Crippen LogP contribution in [-0.4, -0.2) is 61.8 Å². The van der Waals surface area contributed by atoms with Crippen LogP contribution < -0.4 is 0 Å². The van der Waals surface area contributed by atoms with Crippen molar-refractivity contribution in [3.05, 3.63) is 0 Å². The Balaban J connectivity index is 1.70. The van der Waals surface area contributed by atoms with Crippen molar-refractivity contribution in [1.29, 1.82) is 0 Å². The van der Waals surface area contributed by atoms with E-state index in [2.05, 4.69) is 16.7 Å². The normalized spacial score (nSPS) is 41.7. The number of likely N-dealkylation sites (tertiary alicyclic amines) is 1. The fourth-order valence-electron chi connectivity index (χ4n) is 4.73. The Bertz CT molecular complexity index is 288. The van der Waals surface area contributed by atoms with Gasteiger partial charge in [0.15, 0.2) is 0 Å². The third-order valence-electron chi connectivity index (χ3n) is 5.50. The molecule has 2 bridgehead atoms. The van der Waals surface area contributed by atoms with E-state index >= 15 is 0 Å². The first-order chi connectivity index (χ1) is 8.74. The summed E-state index contributed by atoms with van der Waals surface area (Å²) < 4.78 is 5.31. The lowest BCUT2D eigenvalue weighted by Gasteiger charge is -2.56. The van der Waals surface area contributed by atoms with Crippen LogP contribution >= 0.6 is 0 Å². The maximum absolute atomic E-state index is 5.31. The van der Waals surface area contributed by atoms with Gasteiger partial charge in [-0.1, -0.05) is 6.92 Å². The van der Waals surface area contributed by atoms with Crippen LogP contribution in [0.1, 0.15) is 32.6 Å². The monoisotopic (exact) mass is 252 g/mol. The first-order valence-electron chi connectivity index (χ1n) is 7.71. The minimum atomic E-state index is 0.540. The lowest BCUT2D eigenvalue weighted by molar-refractivity contribution is -0.0579. The summed E-state index contributed by atoms with van der Waals surface area (Å²) in [5.41, 5.74) is 0.540. The number of ether oxygens (including phenoxy) is 1. The highest BCUT2D eigenvalue weighted by Gasteiger charge is 2.52. The zero-order chi connectivity index (χ0) is 12.6. The number of rotatable bonds is 4. The van der Waals surface area contributed by atoms with Gasteiger partial charge in [-0.15, -0.1) is 0 Å². The Morgan fingerprint density at radius 2 is 2.06 bits per heavy atom. The highest BCUT2D eigenvalue weighted by atomic mass is 16.5. The second kappa shape index (κ2) is 5.10. The summed E-state index contributed by atoms with van der Waals surface area (Å²) in [7, 11) is 1.82. The molecule has 4 aliphatic rings. The first kappa shape index (κ1) is 12.9. The van der Waals surface area contributed by atoms with Gasteiger partial charge in [-0.3, -0.25) is 4.90 Å². The van der Waals surface area contributed by atoms with Gasteiger partial charge >= 0.3 is 0 Å². The van der Waals surface area contributed by atoms with Crippen LogP contribution in [0.4, 0.5) is 0 Å². The molecule has 4 fully saturated rings. The molecule has 0 aliphatic carbocycles. The zero-order valence-corrected chi connectivity index (χ0v) is 12.0. The SMILES string of the molecule is COCC(C)CN1CCCC12CN1CCC2CC1. The maximum Gasteiger partial charge on any atom is 0.0500 e. The fourth-order valence-corrected chi connectivity index (χ4v) is 4.73. The van der Waals surface area contributed by atoms with Gasteiger partial charge in [-0.25, -0.2) is 0 Å². The molecule has 3 heteroatoms. The molecule has 0 N–H and O–H groups in total. The summed E-state index contributed by atoms with van der Waals surface area (Å²) in [5.74, 6) is 1.64. The van der Waals surface area contributed by atoms with Crippen molar-refractivity contribution in [3.63, 3.8) is 0 Å². The third-order valence-corrected chi connectivity index (χ3v) is 5.50. The highest BCUT2D eigenvalue weighted by molar-refractivity contribution is 5.08. The molecule has 104 valence electrons. The first-order valence-corrected chi connectivity index (χ1v) is 7.71. The molecule has 4 heterocycles. The molecule has 18 heavy (non-hydrogen) atoms. The molecule has 4 saturated heterocycles. The smallest absolute Gasteiger partial charge is 0.0500 e. The number of piperidine rings is 3. The van der Waals surface area contributed by atoms with E-state index in [0.717, 1.165) is 12.5 Å². The predicted molar refractivity (Wildman–Crippen MR) is 73.7 cm³/mol. The summed E-state index contributed by atoms with van der Waals surface area (Å²) in [6, 6.07) is 0. The minimum absolute atomic E-state index is 0.540. The summed E-state index contributed by atoms with van der Waals surface area (Å²) in [6.07, 6.45) is 5.72. The topological polar surface area (TPSA) is 15.7 Å². The van der Waals surface area contributed by atoms with Crippen LogP contribution in [-0.2, 0) is 4.74 Å². The van der Waals surface area contributed by atoms with Crippen LogP contribution in [0.5, 0.6) is 0 Å². The van der Waals surface area contributed by atoms with Crippen LogP contribution in [0, 0.1) is 11.8 Å². The maximum atomic E-state index is 5.31. The van der Waals surface area contributed by atoms with Crippen LogP contribution in [0.3, 0.4) is 0 Å². The van der Waals surface area contributed by atoms with E-state index < -0.39 is 0 Å². The molecule has 0 radical (unpaired) electrons. The van der Waals surface area contributed by atoms with Crippen molar-refractivity contribution >= 4 is 0 Å². The second-order valence-electron chi connectivity index (χ2n) is 6.76. The van der Waals surface area contributed by atoms with Crippen molar-refractivity contribution < 1.29 is 4.74 Å². The number of methoxy groups -OCH3 is 1. The Morgan fingerprint density at radius 3 is 2.67 bits per heavy atom. The Labute approximate surface area is 111 Å². The minimum Gasteiger partial charge on any atom is -0.384 e. The average molecular weight is 252 g/mol. The molecule has 0 saturated carbocycles. The summed E-state index contributed by atoms with van der Waals surface area (Å²) in [5, 5.41) is 0. The van der Waals surface area contributed by atoms with E-state index in [0.29, 0.717) is 11.5 Å². The molecule has 1 spiro atoms. The van der Waals surface area contributed by atoms with Crippen LogP contribution in [0.2, 0.25) is 0 Å². The Hall–Kier alpha value is -0.120. The largest absolute Gasteiger partial charge is 0.384 e. The fraction of sp³-hybridized carbons (Fsp3) is 1.00. The Morgan fingerprint density at radius 1 is 1.28 bits per heavy atom. The molecule has 0 aromatic carbocycles. The number of nitrogens with zero attached hydrogens (tertiary/aromatic N) is 2. The Kier molecular flexibility index (Phi) is 3.65. The molecule has 4 aliphatic heterocycles. The molecular formula is C15H28N2O. The third kappa shape index (κ3) is 2.10. The van der Waals surface area contributed by atoms with Gasteiger partial charge < -0.3 is 9.64 Å². The predicted octanol–water partition coefficient (Wildman–Crippen LogP) is 1.83. The highest BCUT2D eigenvalue weighted by Crippen LogP contribution is 2.46. The van der Waals surface area contributed by atoms with Crippen LogP contribution in [0.15, 0.2) is 0 Å². The van der Waals surface area contributed by atoms with Gasteiger partial charge in [-0.05, 0) is 57.2 Å². The van der Waals surface area contributed by atoms with Gasteiger partial charge in [0.25, 0.3) is 0 Å². The molecule has 4 rings (SSSR count). The van der Waals surface area contributed by atoms with E-state index in [4.69, 9.17) is 4.74 Å². The van der Waals surface area contributed by atoms with E-state index in [1.165, 1.54) is 58.4 Å². The van der Waals surface area contributed by atoms with Crippen LogP contribution in [0.25, 0.3) is 0 Å². The van der Waals surface area contributed by atoms with Crippen molar-refractivity contribution in [2.45, 2.75) is 38.1 Å². The van der Waals surface area contributed by atoms with Crippen molar-refractivity contribution in [1.82, 2.24) is 9.80 Å². The number of hydrogen-bond acceptors (Lipinski definition) is 3. The van der Waals surface area contributed by atoms with E-state index in [1.807, 2.05) is 7.11 Å². The van der Waals surface area contributed by atoms with Gasteiger partial charge in [0.1, 0.15) is 0 Å². The second-order valence-corrected chi connectivity index (χ2v) is 6.76. The molecule has 0 aromatic heterocycles. The molecular weight excluding hydrogens is 224 g/mol. The van der Waals surface area contributed by atoms with E-state index in [1.54, 1.807) is 0 Å². The number of hydrogen-bond donors (Lipinski definition) is 0. The van der Waals surface area contributed by atoms with Crippen molar-refractivity contribution in [3.8, 4) is 0 Å². The van der Waals surface area contributed by atoms with Crippen molar-refractivity contribution in [2.75, 3.05) is 46.4 Å². The number of fused-ring (bicyclic) bond motifs is 2. The van der Waals surface area contributed by atoms with Gasteiger partial charge in [0.05, 0.1) is 0 Å². The van der Waals surface area contributed by atoms with Gasteiger partial charge in [0.2, 0.25) is 0 Å².